The van der Waals surface area contributed by atoms with Crippen LogP contribution in [0.4, 0.5) is 8.78 Å². The lowest BCUT2D eigenvalue weighted by molar-refractivity contribution is -0.137. The fourth-order valence-corrected chi connectivity index (χ4v) is 1.44. The maximum Gasteiger partial charge on any atom is 0.305 e. The summed E-state index contributed by atoms with van der Waals surface area (Å²) in [5, 5.41) is 10.9. The molecule has 2 N–H and O–H groups in total. The van der Waals surface area contributed by atoms with Crippen molar-refractivity contribution in [1.29, 1.82) is 0 Å². The number of carboxylic acid groups (broad SMARTS) is 1. The third-order valence-electron chi connectivity index (χ3n) is 2.09. The smallest absolute Gasteiger partial charge is 0.305 e. The van der Waals surface area contributed by atoms with Crippen LogP contribution in [0.5, 0.6) is 0 Å². The lowest BCUT2D eigenvalue weighted by Gasteiger charge is -2.17. The van der Waals surface area contributed by atoms with E-state index in [1.807, 2.05) is 0 Å². The molecule has 0 saturated carbocycles. The van der Waals surface area contributed by atoms with Gasteiger partial charge < -0.3 is 10.4 Å². The summed E-state index contributed by atoms with van der Waals surface area (Å²) < 4.78 is 26.4. The molecule has 0 aromatic heterocycles. The van der Waals surface area contributed by atoms with E-state index in [0.717, 1.165) is 18.2 Å². The summed E-state index contributed by atoms with van der Waals surface area (Å²) in [5.41, 5.74) is -0.178. The molecule has 0 bridgehead atoms. The third-order valence-corrected chi connectivity index (χ3v) is 2.09. The molecule has 0 fully saturated rings. The Kier molecular flexibility index (Phi) is 4.14. The molecule has 0 aliphatic rings. The fraction of sp³-hybridized carbons (Fsp3) is 0.273. The lowest BCUT2D eigenvalue weighted by atomic mass is 10.0. The zero-order valence-electron chi connectivity index (χ0n) is 9.04. The summed E-state index contributed by atoms with van der Waals surface area (Å²) in [6.07, 6.45) is -0.514. The summed E-state index contributed by atoms with van der Waals surface area (Å²) in [5.74, 6) is -3.18. The van der Waals surface area contributed by atoms with Gasteiger partial charge in [0.2, 0.25) is 5.91 Å². The zero-order chi connectivity index (χ0) is 13.0. The molecule has 4 nitrogen and oxygen atoms in total. The highest BCUT2D eigenvalue weighted by atomic mass is 19.1. The summed E-state index contributed by atoms with van der Waals surface area (Å²) in [4.78, 5) is 21.5. The Morgan fingerprint density at radius 2 is 2.06 bits per heavy atom. The van der Waals surface area contributed by atoms with Crippen LogP contribution in [0.2, 0.25) is 0 Å². The third kappa shape index (κ3) is 3.82. The molecule has 92 valence electrons. The number of carboxylic acids is 1. The van der Waals surface area contributed by atoms with E-state index in [9.17, 15) is 18.4 Å². The van der Waals surface area contributed by atoms with Gasteiger partial charge in [0.25, 0.3) is 0 Å². The van der Waals surface area contributed by atoms with E-state index in [-0.39, 0.29) is 5.56 Å². The Morgan fingerprint density at radius 1 is 1.41 bits per heavy atom. The second-order valence-corrected chi connectivity index (χ2v) is 3.52. The van der Waals surface area contributed by atoms with E-state index in [2.05, 4.69) is 5.32 Å². The number of carbonyl (C=O) groups is 2. The maximum absolute atomic E-state index is 13.4. The quantitative estimate of drug-likeness (QED) is 0.844. The van der Waals surface area contributed by atoms with Gasteiger partial charge in [0.05, 0.1) is 12.5 Å². The highest BCUT2D eigenvalue weighted by molar-refractivity contribution is 5.75. The number of aliphatic carboxylic acids is 1. The number of benzene rings is 1. The van der Waals surface area contributed by atoms with Crippen molar-refractivity contribution in [2.75, 3.05) is 0 Å². The molecule has 0 aliphatic heterocycles. The molecule has 1 aromatic carbocycles. The van der Waals surface area contributed by atoms with E-state index < -0.39 is 36.0 Å². The van der Waals surface area contributed by atoms with Crippen molar-refractivity contribution in [2.24, 2.45) is 0 Å². The molecule has 0 radical (unpaired) electrons. The largest absolute Gasteiger partial charge is 0.481 e. The van der Waals surface area contributed by atoms with Gasteiger partial charge in [-0.25, -0.2) is 8.78 Å². The van der Waals surface area contributed by atoms with E-state index in [1.165, 1.54) is 6.92 Å². The fourth-order valence-electron chi connectivity index (χ4n) is 1.44. The molecule has 0 spiro atoms. The average molecular weight is 243 g/mol. The van der Waals surface area contributed by atoms with Gasteiger partial charge in [-0.05, 0) is 18.2 Å². The van der Waals surface area contributed by atoms with Crippen LogP contribution in [-0.4, -0.2) is 17.0 Å². The molecule has 1 amide bonds. The van der Waals surface area contributed by atoms with Gasteiger partial charge in [-0.1, -0.05) is 0 Å². The van der Waals surface area contributed by atoms with E-state index in [4.69, 9.17) is 5.11 Å². The Hall–Kier alpha value is -1.98. The van der Waals surface area contributed by atoms with Gasteiger partial charge in [-0.15, -0.1) is 0 Å². The molecule has 17 heavy (non-hydrogen) atoms. The number of carbonyl (C=O) groups excluding carboxylic acids is 1. The van der Waals surface area contributed by atoms with Crippen molar-refractivity contribution >= 4 is 11.9 Å². The normalized spacial score (nSPS) is 11.9. The first-order chi connectivity index (χ1) is 7.90. The topological polar surface area (TPSA) is 66.4 Å². The molecule has 1 atom stereocenters. The van der Waals surface area contributed by atoms with Crippen molar-refractivity contribution in [2.45, 2.75) is 19.4 Å². The summed E-state index contributed by atoms with van der Waals surface area (Å²) in [6.45, 7) is 1.17. The minimum atomic E-state index is -1.22. The summed E-state index contributed by atoms with van der Waals surface area (Å²) in [6, 6.07) is 1.60. The monoisotopic (exact) mass is 243 g/mol. The Morgan fingerprint density at radius 3 is 2.59 bits per heavy atom. The van der Waals surface area contributed by atoms with Gasteiger partial charge >= 0.3 is 5.97 Å². The first-order valence-electron chi connectivity index (χ1n) is 4.84. The minimum Gasteiger partial charge on any atom is -0.481 e. The van der Waals surface area contributed by atoms with Crippen LogP contribution >= 0.6 is 0 Å². The molecule has 0 unspecified atom stereocenters. The Balaban J connectivity index is 3.06. The lowest BCUT2D eigenvalue weighted by Crippen LogP contribution is -2.28. The van der Waals surface area contributed by atoms with Crippen molar-refractivity contribution in [1.82, 2.24) is 5.32 Å². The Bertz CT molecular complexity index is 432. The molecular formula is C11H11F2NO3. The van der Waals surface area contributed by atoms with Crippen LogP contribution in [0, 0.1) is 11.6 Å². The van der Waals surface area contributed by atoms with Crippen LogP contribution in [-0.2, 0) is 9.59 Å². The molecule has 1 rings (SSSR count). The van der Waals surface area contributed by atoms with Crippen LogP contribution in [0.15, 0.2) is 18.2 Å². The van der Waals surface area contributed by atoms with E-state index in [1.54, 1.807) is 0 Å². The number of hydrogen-bond donors (Lipinski definition) is 2. The number of hydrogen-bond acceptors (Lipinski definition) is 2. The minimum absolute atomic E-state index is 0.178. The van der Waals surface area contributed by atoms with Crippen molar-refractivity contribution in [3.63, 3.8) is 0 Å². The zero-order valence-corrected chi connectivity index (χ0v) is 9.04. The molecule has 1 aromatic rings. The first kappa shape index (κ1) is 13.1. The number of amides is 1. The molecule has 6 heteroatoms. The average Bonchev–Trinajstić information content (AvgIpc) is 2.19. The van der Waals surface area contributed by atoms with Gasteiger partial charge in [0, 0.05) is 12.5 Å². The van der Waals surface area contributed by atoms with Gasteiger partial charge in [-0.2, -0.15) is 0 Å². The standard InChI is InChI=1S/C11H11F2NO3/c1-6(15)14-10(5-11(16)17)8-4-7(12)2-3-9(8)13/h2-4,10H,5H2,1H3,(H,14,15)(H,16,17)/t10-/m1/s1. The van der Waals surface area contributed by atoms with Gasteiger partial charge in [0.15, 0.2) is 0 Å². The number of halogens is 2. The van der Waals surface area contributed by atoms with Crippen LogP contribution < -0.4 is 5.32 Å². The highest BCUT2D eigenvalue weighted by Crippen LogP contribution is 2.21. The summed E-state index contributed by atoms with van der Waals surface area (Å²) in [7, 11) is 0. The van der Waals surface area contributed by atoms with Crippen molar-refractivity contribution in [3.8, 4) is 0 Å². The Labute approximate surface area is 96.3 Å². The highest BCUT2D eigenvalue weighted by Gasteiger charge is 2.20. The van der Waals surface area contributed by atoms with Crippen molar-refractivity contribution < 1.29 is 23.5 Å². The van der Waals surface area contributed by atoms with Gasteiger partial charge in [-0.3, -0.25) is 9.59 Å². The number of nitrogens with one attached hydrogen (secondary N) is 1. The van der Waals surface area contributed by atoms with Crippen LogP contribution in [0.3, 0.4) is 0 Å². The SMILES string of the molecule is CC(=O)N[C@H](CC(=O)O)c1cc(F)ccc1F. The van der Waals surface area contributed by atoms with E-state index >= 15 is 0 Å². The van der Waals surface area contributed by atoms with Crippen LogP contribution in [0.1, 0.15) is 24.9 Å². The second-order valence-electron chi connectivity index (χ2n) is 3.52. The summed E-state index contributed by atoms with van der Waals surface area (Å²) >= 11 is 0. The van der Waals surface area contributed by atoms with Gasteiger partial charge in [0.1, 0.15) is 11.6 Å². The number of rotatable bonds is 4. The predicted octanol–water partition coefficient (Wildman–Crippen LogP) is 1.62. The molecule has 0 aliphatic carbocycles. The second kappa shape index (κ2) is 5.38. The van der Waals surface area contributed by atoms with Crippen molar-refractivity contribution in [3.05, 3.63) is 35.4 Å². The maximum atomic E-state index is 13.4. The molecule has 0 heterocycles. The molecule has 0 saturated heterocycles. The van der Waals surface area contributed by atoms with E-state index in [0.29, 0.717) is 0 Å². The predicted molar refractivity (Wildman–Crippen MR) is 55.2 cm³/mol. The first-order valence-corrected chi connectivity index (χ1v) is 4.84. The van der Waals surface area contributed by atoms with Crippen LogP contribution in [0.25, 0.3) is 0 Å². The molecular weight excluding hydrogens is 232 g/mol.